The van der Waals surface area contributed by atoms with Gasteiger partial charge in [-0.15, -0.1) is 0 Å². The summed E-state index contributed by atoms with van der Waals surface area (Å²) in [6.45, 7) is 5.66. The normalized spacial score (nSPS) is 11.5. The van der Waals surface area contributed by atoms with Gasteiger partial charge in [-0.25, -0.2) is 9.97 Å². The van der Waals surface area contributed by atoms with Gasteiger partial charge in [0.25, 0.3) is 0 Å². The molecule has 0 radical (unpaired) electrons. The molecule has 0 saturated carbocycles. The van der Waals surface area contributed by atoms with Gasteiger partial charge in [-0.2, -0.15) is 0 Å². The molecule has 2 N–H and O–H groups in total. The maximum absolute atomic E-state index is 5.71. The summed E-state index contributed by atoms with van der Waals surface area (Å²) in [5.41, 5.74) is 5.72. The Hall–Kier alpha value is -0.870. The summed E-state index contributed by atoms with van der Waals surface area (Å²) in [6.07, 6.45) is 3.19. The van der Waals surface area contributed by atoms with Crippen LogP contribution in [0.15, 0.2) is 12.4 Å². The summed E-state index contributed by atoms with van der Waals surface area (Å²) in [4.78, 5) is 10.3. The van der Waals surface area contributed by atoms with Crippen LogP contribution in [0, 0.1) is 5.41 Å². The molecule has 0 aromatic carbocycles. The van der Waals surface area contributed by atoms with Crippen LogP contribution in [0.5, 0.6) is 0 Å². The molecule has 1 heterocycles. The van der Waals surface area contributed by atoms with E-state index in [0.717, 1.165) is 6.54 Å². The van der Waals surface area contributed by atoms with E-state index in [1.807, 2.05) is 11.9 Å². The van der Waals surface area contributed by atoms with Crippen LogP contribution in [0.4, 0.5) is 5.95 Å². The van der Waals surface area contributed by atoms with Gasteiger partial charge in [0.15, 0.2) is 0 Å². The van der Waals surface area contributed by atoms with Crippen molar-refractivity contribution in [2.45, 2.75) is 13.8 Å². The average Bonchev–Trinajstić information content (AvgIpc) is 2.18. The zero-order valence-corrected chi connectivity index (χ0v) is 10.1. The highest BCUT2D eigenvalue weighted by atomic mass is 35.5. The van der Waals surface area contributed by atoms with E-state index in [-0.39, 0.29) is 5.41 Å². The maximum Gasteiger partial charge on any atom is 0.225 e. The highest BCUT2D eigenvalue weighted by molar-refractivity contribution is 6.30. The second-order valence-corrected chi connectivity index (χ2v) is 4.86. The third-order valence-corrected chi connectivity index (χ3v) is 2.36. The van der Waals surface area contributed by atoms with Crippen LogP contribution in [0.3, 0.4) is 0 Å². The molecule has 0 unspecified atom stereocenters. The Labute approximate surface area is 95.5 Å². The number of anilines is 1. The molecule has 1 rings (SSSR count). The molecule has 1 aromatic heterocycles. The quantitative estimate of drug-likeness (QED) is 0.850. The van der Waals surface area contributed by atoms with Gasteiger partial charge in [0.1, 0.15) is 0 Å². The van der Waals surface area contributed by atoms with Crippen molar-refractivity contribution >= 4 is 17.5 Å². The third kappa shape index (κ3) is 3.64. The molecular weight excluding hydrogens is 212 g/mol. The lowest BCUT2D eigenvalue weighted by atomic mass is 9.93. The fourth-order valence-corrected chi connectivity index (χ4v) is 1.38. The Kier molecular flexibility index (Phi) is 3.88. The van der Waals surface area contributed by atoms with E-state index in [2.05, 4.69) is 23.8 Å². The molecule has 15 heavy (non-hydrogen) atoms. The lowest BCUT2D eigenvalue weighted by Gasteiger charge is -2.28. The molecule has 0 aliphatic rings. The van der Waals surface area contributed by atoms with Crippen LogP contribution >= 0.6 is 11.6 Å². The average molecular weight is 229 g/mol. The Morgan fingerprint density at radius 3 is 2.40 bits per heavy atom. The van der Waals surface area contributed by atoms with E-state index in [4.69, 9.17) is 17.3 Å². The number of nitrogens with two attached hydrogens (primary N) is 1. The molecule has 84 valence electrons. The van der Waals surface area contributed by atoms with E-state index >= 15 is 0 Å². The van der Waals surface area contributed by atoms with Crippen LogP contribution in [0.25, 0.3) is 0 Å². The number of halogens is 1. The molecule has 0 saturated heterocycles. The fourth-order valence-electron chi connectivity index (χ4n) is 1.28. The van der Waals surface area contributed by atoms with Gasteiger partial charge in [0.2, 0.25) is 5.95 Å². The van der Waals surface area contributed by atoms with E-state index < -0.39 is 0 Å². The topological polar surface area (TPSA) is 55.0 Å². The van der Waals surface area contributed by atoms with Crippen molar-refractivity contribution in [2.75, 3.05) is 25.0 Å². The van der Waals surface area contributed by atoms with Crippen LogP contribution in [-0.4, -0.2) is 30.1 Å². The first-order valence-corrected chi connectivity index (χ1v) is 5.21. The van der Waals surface area contributed by atoms with Gasteiger partial charge >= 0.3 is 0 Å². The molecule has 0 bridgehead atoms. The zero-order chi connectivity index (χ0) is 11.5. The standard InChI is InChI=1S/C10H17ClN4/c1-10(2,6-12)7-15(3)9-13-4-8(11)5-14-9/h4-5H,6-7,12H2,1-3H3. The summed E-state index contributed by atoms with van der Waals surface area (Å²) in [6, 6.07) is 0. The van der Waals surface area contributed by atoms with Crippen LogP contribution < -0.4 is 10.6 Å². The van der Waals surface area contributed by atoms with Gasteiger partial charge < -0.3 is 10.6 Å². The van der Waals surface area contributed by atoms with Crippen LogP contribution in [0.2, 0.25) is 5.02 Å². The summed E-state index contributed by atoms with van der Waals surface area (Å²) in [7, 11) is 1.95. The molecule has 0 fully saturated rings. The molecule has 4 nitrogen and oxygen atoms in total. The van der Waals surface area contributed by atoms with Gasteiger partial charge in [-0.05, 0) is 12.0 Å². The SMILES string of the molecule is CN(CC(C)(C)CN)c1ncc(Cl)cn1. The van der Waals surface area contributed by atoms with Gasteiger partial charge in [0.05, 0.1) is 17.4 Å². The lowest BCUT2D eigenvalue weighted by Crippen LogP contribution is -2.37. The van der Waals surface area contributed by atoms with E-state index in [1.54, 1.807) is 12.4 Å². The molecular formula is C10H17ClN4. The highest BCUT2D eigenvalue weighted by Gasteiger charge is 2.19. The molecule has 0 atom stereocenters. The van der Waals surface area contributed by atoms with Crippen molar-refractivity contribution in [2.24, 2.45) is 11.1 Å². The molecule has 0 aliphatic carbocycles. The second-order valence-electron chi connectivity index (χ2n) is 4.43. The largest absolute Gasteiger partial charge is 0.343 e. The first-order valence-electron chi connectivity index (χ1n) is 4.83. The first-order chi connectivity index (χ1) is 6.94. The minimum atomic E-state index is 0.0533. The minimum Gasteiger partial charge on any atom is -0.343 e. The fraction of sp³-hybridized carbons (Fsp3) is 0.600. The van der Waals surface area contributed by atoms with Gasteiger partial charge in [-0.3, -0.25) is 0 Å². The Morgan fingerprint density at radius 1 is 1.40 bits per heavy atom. The van der Waals surface area contributed by atoms with E-state index in [1.165, 1.54) is 0 Å². The van der Waals surface area contributed by atoms with E-state index in [0.29, 0.717) is 17.5 Å². The number of rotatable bonds is 4. The number of hydrogen-bond donors (Lipinski definition) is 1. The lowest BCUT2D eigenvalue weighted by molar-refractivity contribution is 0.383. The number of hydrogen-bond acceptors (Lipinski definition) is 4. The van der Waals surface area contributed by atoms with Crippen LogP contribution in [-0.2, 0) is 0 Å². The van der Waals surface area contributed by atoms with Crippen molar-refractivity contribution < 1.29 is 0 Å². The Bertz CT molecular complexity index is 310. The van der Waals surface area contributed by atoms with Crippen molar-refractivity contribution in [1.29, 1.82) is 0 Å². The van der Waals surface area contributed by atoms with Crippen LogP contribution in [0.1, 0.15) is 13.8 Å². The Balaban J connectivity index is 2.69. The van der Waals surface area contributed by atoms with Crippen molar-refractivity contribution in [3.63, 3.8) is 0 Å². The number of nitrogens with zero attached hydrogens (tertiary/aromatic N) is 3. The summed E-state index contributed by atoms with van der Waals surface area (Å²) in [5.74, 6) is 0.668. The highest BCUT2D eigenvalue weighted by Crippen LogP contribution is 2.17. The molecule has 5 heteroatoms. The molecule has 0 amide bonds. The maximum atomic E-state index is 5.71. The smallest absolute Gasteiger partial charge is 0.225 e. The van der Waals surface area contributed by atoms with Crippen molar-refractivity contribution in [3.8, 4) is 0 Å². The molecule has 0 spiro atoms. The summed E-state index contributed by atoms with van der Waals surface area (Å²) in [5, 5.41) is 0.547. The third-order valence-electron chi connectivity index (χ3n) is 2.17. The van der Waals surface area contributed by atoms with Crippen molar-refractivity contribution in [1.82, 2.24) is 9.97 Å². The van der Waals surface area contributed by atoms with Gasteiger partial charge in [0, 0.05) is 13.6 Å². The second kappa shape index (κ2) is 4.77. The summed E-state index contributed by atoms with van der Waals surface area (Å²) < 4.78 is 0. The van der Waals surface area contributed by atoms with Crippen molar-refractivity contribution in [3.05, 3.63) is 17.4 Å². The molecule has 0 aliphatic heterocycles. The predicted molar refractivity (Wildman–Crippen MR) is 63.1 cm³/mol. The summed E-state index contributed by atoms with van der Waals surface area (Å²) >= 11 is 5.71. The predicted octanol–water partition coefficient (Wildman–Crippen LogP) is 1.55. The minimum absolute atomic E-state index is 0.0533. The van der Waals surface area contributed by atoms with Gasteiger partial charge in [-0.1, -0.05) is 25.4 Å². The first kappa shape index (κ1) is 12.2. The van der Waals surface area contributed by atoms with E-state index in [9.17, 15) is 0 Å². The zero-order valence-electron chi connectivity index (χ0n) is 9.37. The number of aromatic nitrogens is 2. The monoisotopic (exact) mass is 228 g/mol. The Morgan fingerprint density at radius 2 is 1.93 bits per heavy atom. The molecule has 1 aromatic rings.